The van der Waals surface area contributed by atoms with Crippen molar-refractivity contribution in [3.8, 4) is 5.75 Å². The summed E-state index contributed by atoms with van der Waals surface area (Å²) in [5.74, 6) is 0.727. The second-order valence-corrected chi connectivity index (χ2v) is 4.77. The lowest BCUT2D eigenvalue weighted by molar-refractivity contribution is 0.340. The number of hydrogen-bond donors (Lipinski definition) is 1. The summed E-state index contributed by atoms with van der Waals surface area (Å²) in [7, 11) is 0. The third kappa shape index (κ3) is 3.65. The van der Waals surface area contributed by atoms with E-state index in [4.69, 9.17) is 16.3 Å². The van der Waals surface area contributed by atoms with Crippen LogP contribution in [0.2, 0.25) is 5.02 Å². The van der Waals surface area contributed by atoms with E-state index in [1.54, 1.807) is 0 Å². The van der Waals surface area contributed by atoms with E-state index in [1.165, 1.54) is 11.1 Å². The fraction of sp³-hybridized carbons (Fsp3) is 0.250. The van der Waals surface area contributed by atoms with E-state index in [-0.39, 0.29) is 0 Å². The molecular formula is C16H18ClNO. The SMILES string of the molecule is CCOc1ccc(NCc2ccccc2C)cc1Cl. The Balaban J connectivity index is 2.04. The Morgan fingerprint density at radius 1 is 1.16 bits per heavy atom. The molecule has 100 valence electrons. The van der Waals surface area contributed by atoms with E-state index in [1.807, 2.05) is 31.2 Å². The normalized spacial score (nSPS) is 10.3. The van der Waals surface area contributed by atoms with Gasteiger partial charge in [-0.05, 0) is 43.2 Å². The van der Waals surface area contributed by atoms with Gasteiger partial charge in [-0.15, -0.1) is 0 Å². The average molecular weight is 276 g/mol. The molecule has 2 nitrogen and oxygen atoms in total. The minimum absolute atomic E-state index is 0.621. The average Bonchev–Trinajstić information content (AvgIpc) is 2.41. The van der Waals surface area contributed by atoms with Crippen molar-refractivity contribution in [1.29, 1.82) is 0 Å². The van der Waals surface area contributed by atoms with Gasteiger partial charge in [0, 0.05) is 12.2 Å². The van der Waals surface area contributed by atoms with Gasteiger partial charge in [-0.3, -0.25) is 0 Å². The first kappa shape index (κ1) is 13.8. The Bertz CT molecular complexity index is 554. The molecule has 0 bridgehead atoms. The van der Waals surface area contributed by atoms with Crippen LogP contribution in [-0.4, -0.2) is 6.61 Å². The minimum atomic E-state index is 0.621. The smallest absolute Gasteiger partial charge is 0.138 e. The Labute approximate surface area is 119 Å². The van der Waals surface area contributed by atoms with E-state index in [2.05, 4.69) is 30.4 Å². The number of aryl methyl sites for hydroxylation is 1. The molecule has 1 N–H and O–H groups in total. The van der Waals surface area contributed by atoms with Crippen LogP contribution in [0.1, 0.15) is 18.1 Å². The summed E-state index contributed by atoms with van der Waals surface area (Å²) in [6, 6.07) is 14.1. The zero-order chi connectivity index (χ0) is 13.7. The lowest BCUT2D eigenvalue weighted by atomic mass is 10.1. The van der Waals surface area contributed by atoms with Gasteiger partial charge in [-0.2, -0.15) is 0 Å². The lowest BCUT2D eigenvalue weighted by Crippen LogP contribution is -2.01. The van der Waals surface area contributed by atoms with E-state index in [0.29, 0.717) is 11.6 Å². The van der Waals surface area contributed by atoms with Crippen LogP contribution in [0, 0.1) is 6.92 Å². The summed E-state index contributed by atoms with van der Waals surface area (Å²) in [6.07, 6.45) is 0. The van der Waals surface area contributed by atoms with E-state index in [0.717, 1.165) is 18.0 Å². The van der Waals surface area contributed by atoms with Crippen LogP contribution in [0.15, 0.2) is 42.5 Å². The molecule has 0 amide bonds. The third-order valence-electron chi connectivity index (χ3n) is 2.98. The summed E-state index contributed by atoms with van der Waals surface area (Å²) >= 11 is 6.16. The molecule has 0 aliphatic heterocycles. The van der Waals surface area contributed by atoms with Crippen LogP contribution >= 0.6 is 11.6 Å². The molecule has 0 aliphatic carbocycles. The van der Waals surface area contributed by atoms with Gasteiger partial charge in [-0.25, -0.2) is 0 Å². The lowest BCUT2D eigenvalue weighted by Gasteiger charge is -2.11. The first-order valence-electron chi connectivity index (χ1n) is 6.41. The van der Waals surface area contributed by atoms with Gasteiger partial charge in [0.25, 0.3) is 0 Å². The van der Waals surface area contributed by atoms with E-state index >= 15 is 0 Å². The van der Waals surface area contributed by atoms with Crippen molar-refractivity contribution in [3.63, 3.8) is 0 Å². The number of anilines is 1. The molecule has 0 radical (unpaired) electrons. The highest BCUT2D eigenvalue weighted by molar-refractivity contribution is 6.32. The first-order chi connectivity index (χ1) is 9.20. The predicted octanol–water partition coefficient (Wildman–Crippen LogP) is 4.66. The molecule has 0 unspecified atom stereocenters. The Hall–Kier alpha value is -1.67. The van der Waals surface area contributed by atoms with E-state index in [9.17, 15) is 0 Å². The van der Waals surface area contributed by atoms with Gasteiger partial charge >= 0.3 is 0 Å². The zero-order valence-electron chi connectivity index (χ0n) is 11.2. The van der Waals surface area contributed by atoms with Crippen molar-refractivity contribution in [3.05, 3.63) is 58.6 Å². The van der Waals surface area contributed by atoms with Gasteiger partial charge in [0.2, 0.25) is 0 Å². The number of nitrogens with one attached hydrogen (secondary N) is 1. The molecule has 0 aromatic heterocycles. The topological polar surface area (TPSA) is 21.3 Å². The van der Waals surface area contributed by atoms with Crippen LogP contribution in [-0.2, 0) is 6.54 Å². The fourth-order valence-corrected chi connectivity index (χ4v) is 2.12. The zero-order valence-corrected chi connectivity index (χ0v) is 12.0. The maximum absolute atomic E-state index is 6.16. The van der Waals surface area contributed by atoms with Crippen molar-refractivity contribution in [1.82, 2.24) is 0 Å². The molecule has 2 rings (SSSR count). The quantitative estimate of drug-likeness (QED) is 0.857. The number of rotatable bonds is 5. The summed E-state index contributed by atoms with van der Waals surface area (Å²) in [6.45, 7) is 5.47. The highest BCUT2D eigenvalue weighted by Crippen LogP contribution is 2.27. The molecule has 3 heteroatoms. The maximum Gasteiger partial charge on any atom is 0.138 e. The predicted molar refractivity (Wildman–Crippen MR) is 81.1 cm³/mol. The summed E-state index contributed by atoms with van der Waals surface area (Å²) in [4.78, 5) is 0. The fourth-order valence-electron chi connectivity index (χ4n) is 1.89. The molecule has 2 aromatic rings. The second-order valence-electron chi connectivity index (χ2n) is 4.36. The van der Waals surface area contributed by atoms with Crippen LogP contribution in [0.4, 0.5) is 5.69 Å². The number of hydrogen-bond acceptors (Lipinski definition) is 2. The Kier molecular flexibility index (Phi) is 4.69. The number of benzene rings is 2. The van der Waals surface area contributed by atoms with Crippen LogP contribution in [0.25, 0.3) is 0 Å². The van der Waals surface area contributed by atoms with Crippen molar-refractivity contribution in [2.45, 2.75) is 20.4 Å². The molecule has 0 atom stereocenters. The van der Waals surface area contributed by atoms with Crippen LogP contribution < -0.4 is 10.1 Å². The monoisotopic (exact) mass is 275 g/mol. The molecule has 0 fully saturated rings. The van der Waals surface area contributed by atoms with Gasteiger partial charge in [0.05, 0.1) is 11.6 Å². The van der Waals surface area contributed by atoms with Gasteiger partial charge in [0.1, 0.15) is 5.75 Å². The van der Waals surface area contributed by atoms with Gasteiger partial charge in [0.15, 0.2) is 0 Å². The minimum Gasteiger partial charge on any atom is -0.492 e. The highest BCUT2D eigenvalue weighted by atomic mass is 35.5. The molecule has 2 aromatic carbocycles. The number of ether oxygens (including phenoxy) is 1. The second kappa shape index (κ2) is 6.48. The summed E-state index contributed by atoms with van der Waals surface area (Å²) < 4.78 is 5.41. The van der Waals surface area contributed by atoms with Crippen molar-refractivity contribution < 1.29 is 4.74 Å². The Morgan fingerprint density at radius 2 is 1.95 bits per heavy atom. The van der Waals surface area contributed by atoms with Gasteiger partial charge in [-0.1, -0.05) is 35.9 Å². The van der Waals surface area contributed by atoms with Crippen molar-refractivity contribution in [2.75, 3.05) is 11.9 Å². The molecule has 0 aliphatic rings. The van der Waals surface area contributed by atoms with E-state index < -0.39 is 0 Å². The first-order valence-corrected chi connectivity index (χ1v) is 6.79. The summed E-state index contributed by atoms with van der Waals surface area (Å²) in [5, 5.41) is 4.01. The largest absolute Gasteiger partial charge is 0.492 e. The Morgan fingerprint density at radius 3 is 2.63 bits per heavy atom. The molecule has 0 saturated carbocycles. The maximum atomic E-state index is 6.16. The molecule has 0 saturated heterocycles. The highest BCUT2D eigenvalue weighted by Gasteiger charge is 2.03. The molecule has 0 heterocycles. The molecule has 0 spiro atoms. The third-order valence-corrected chi connectivity index (χ3v) is 3.27. The van der Waals surface area contributed by atoms with Crippen molar-refractivity contribution >= 4 is 17.3 Å². The van der Waals surface area contributed by atoms with Crippen LogP contribution in [0.5, 0.6) is 5.75 Å². The standard InChI is InChI=1S/C16H18ClNO/c1-3-19-16-9-8-14(10-15(16)17)18-11-13-7-5-4-6-12(13)2/h4-10,18H,3,11H2,1-2H3. The number of halogens is 1. The molecule has 19 heavy (non-hydrogen) atoms. The summed E-state index contributed by atoms with van der Waals surface area (Å²) in [5.41, 5.74) is 3.57. The van der Waals surface area contributed by atoms with Crippen LogP contribution in [0.3, 0.4) is 0 Å². The van der Waals surface area contributed by atoms with Crippen molar-refractivity contribution in [2.24, 2.45) is 0 Å². The molecular weight excluding hydrogens is 258 g/mol. The van der Waals surface area contributed by atoms with Gasteiger partial charge < -0.3 is 10.1 Å².